The van der Waals surface area contributed by atoms with Crippen LogP contribution in [0.15, 0.2) is 48.5 Å². The SMILES string of the molecule is Cc1ccccc1-n1nc(C)c(-c2ccc(Cl)cc2)c1N. The first-order chi connectivity index (χ1) is 10.1. The number of benzene rings is 2. The van der Waals surface area contributed by atoms with Crippen molar-refractivity contribution >= 4 is 17.4 Å². The molecule has 0 bridgehead atoms. The summed E-state index contributed by atoms with van der Waals surface area (Å²) in [5, 5.41) is 5.31. The maximum atomic E-state index is 6.34. The van der Waals surface area contributed by atoms with Gasteiger partial charge in [-0.3, -0.25) is 0 Å². The number of aromatic nitrogens is 2. The Morgan fingerprint density at radius 3 is 2.33 bits per heavy atom. The van der Waals surface area contributed by atoms with Crippen molar-refractivity contribution in [1.82, 2.24) is 9.78 Å². The molecule has 2 N–H and O–H groups in total. The smallest absolute Gasteiger partial charge is 0.135 e. The van der Waals surface area contributed by atoms with Gasteiger partial charge in [0, 0.05) is 10.6 Å². The molecule has 0 radical (unpaired) electrons. The summed E-state index contributed by atoms with van der Waals surface area (Å²) >= 11 is 5.95. The van der Waals surface area contributed by atoms with Crippen molar-refractivity contribution in [2.45, 2.75) is 13.8 Å². The number of hydrogen-bond donors (Lipinski definition) is 1. The predicted molar refractivity (Wildman–Crippen MR) is 87.9 cm³/mol. The highest BCUT2D eigenvalue weighted by atomic mass is 35.5. The first kappa shape index (κ1) is 13.7. The number of nitrogens with two attached hydrogens (primary N) is 1. The van der Waals surface area contributed by atoms with Gasteiger partial charge in [-0.25, -0.2) is 4.68 Å². The fourth-order valence-electron chi connectivity index (χ4n) is 2.50. The van der Waals surface area contributed by atoms with Gasteiger partial charge in [0.1, 0.15) is 5.82 Å². The largest absolute Gasteiger partial charge is 0.383 e. The second kappa shape index (κ2) is 5.26. The van der Waals surface area contributed by atoms with Crippen LogP contribution in [0.25, 0.3) is 16.8 Å². The lowest BCUT2D eigenvalue weighted by atomic mass is 10.1. The van der Waals surface area contributed by atoms with E-state index in [-0.39, 0.29) is 0 Å². The molecular weight excluding hydrogens is 282 g/mol. The molecule has 3 rings (SSSR count). The molecule has 0 saturated carbocycles. The number of nitrogen functional groups attached to an aromatic ring is 1. The van der Waals surface area contributed by atoms with E-state index in [2.05, 4.69) is 5.10 Å². The quantitative estimate of drug-likeness (QED) is 0.762. The van der Waals surface area contributed by atoms with Crippen LogP contribution < -0.4 is 5.73 Å². The van der Waals surface area contributed by atoms with Crippen molar-refractivity contribution in [3.8, 4) is 16.8 Å². The first-order valence-corrected chi connectivity index (χ1v) is 7.13. The third-order valence-corrected chi connectivity index (χ3v) is 3.82. The van der Waals surface area contributed by atoms with E-state index >= 15 is 0 Å². The summed E-state index contributed by atoms with van der Waals surface area (Å²) in [6.07, 6.45) is 0. The molecule has 1 heterocycles. The van der Waals surface area contributed by atoms with E-state index in [0.29, 0.717) is 10.8 Å². The standard InChI is InChI=1S/C17H16ClN3/c1-11-5-3-4-6-15(11)21-17(19)16(12(2)20-21)13-7-9-14(18)10-8-13/h3-10H,19H2,1-2H3. The molecule has 3 aromatic rings. The summed E-state index contributed by atoms with van der Waals surface area (Å²) in [5.74, 6) is 0.643. The molecule has 0 amide bonds. The van der Waals surface area contributed by atoms with Gasteiger partial charge < -0.3 is 5.73 Å². The molecule has 0 aliphatic rings. The van der Waals surface area contributed by atoms with Gasteiger partial charge in [-0.05, 0) is 43.2 Å². The van der Waals surface area contributed by atoms with Crippen LogP contribution in [-0.2, 0) is 0 Å². The topological polar surface area (TPSA) is 43.8 Å². The summed E-state index contributed by atoms with van der Waals surface area (Å²) < 4.78 is 1.80. The second-order valence-corrected chi connectivity index (χ2v) is 5.49. The van der Waals surface area contributed by atoms with E-state index in [1.807, 2.05) is 62.4 Å². The van der Waals surface area contributed by atoms with E-state index in [4.69, 9.17) is 17.3 Å². The van der Waals surface area contributed by atoms with Crippen LogP contribution in [0.1, 0.15) is 11.3 Å². The Morgan fingerprint density at radius 2 is 1.67 bits per heavy atom. The highest BCUT2D eigenvalue weighted by molar-refractivity contribution is 6.30. The summed E-state index contributed by atoms with van der Waals surface area (Å²) in [4.78, 5) is 0. The molecule has 0 saturated heterocycles. The van der Waals surface area contributed by atoms with Gasteiger partial charge in [-0.1, -0.05) is 41.9 Å². The molecule has 4 heteroatoms. The number of nitrogens with zero attached hydrogens (tertiary/aromatic N) is 2. The van der Waals surface area contributed by atoms with Crippen LogP contribution in [0.2, 0.25) is 5.02 Å². The van der Waals surface area contributed by atoms with Gasteiger partial charge in [0.05, 0.1) is 11.4 Å². The lowest BCUT2D eigenvalue weighted by molar-refractivity contribution is 0.865. The maximum absolute atomic E-state index is 6.34. The van der Waals surface area contributed by atoms with E-state index < -0.39 is 0 Å². The van der Waals surface area contributed by atoms with Gasteiger partial charge >= 0.3 is 0 Å². The lowest BCUT2D eigenvalue weighted by Gasteiger charge is -2.08. The fourth-order valence-corrected chi connectivity index (χ4v) is 2.63. The minimum absolute atomic E-state index is 0.643. The van der Waals surface area contributed by atoms with Crippen LogP contribution in [0.4, 0.5) is 5.82 Å². The summed E-state index contributed by atoms with van der Waals surface area (Å²) in [7, 11) is 0. The van der Waals surface area contributed by atoms with Crippen molar-refractivity contribution in [1.29, 1.82) is 0 Å². The minimum Gasteiger partial charge on any atom is -0.383 e. The molecule has 0 spiro atoms. The Bertz CT molecular complexity index is 788. The van der Waals surface area contributed by atoms with Gasteiger partial charge in [-0.15, -0.1) is 0 Å². The van der Waals surface area contributed by atoms with Crippen molar-refractivity contribution in [3.63, 3.8) is 0 Å². The molecule has 0 atom stereocenters. The Balaban J connectivity index is 2.17. The average molecular weight is 298 g/mol. The normalized spacial score (nSPS) is 10.8. The number of para-hydroxylation sites is 1. The van der Waals surface area contributed by atoms with Gasteiger partial charge in [0.25, 0.3) is 0 Å². The van der Waals surface area contributed by atoms with Crippen LogP contribution >= 0.6 is 11.6 Å². The monoisotopic (exact) mass is 297 g/mol. The molecule has 0 aliphatic carbocycles. The predicted octanol–water partition coefficient (Wildman–Crippen LogP) is 4.39. The van der Waals surface area contributed by atoms with Gasteiger partial charge in [0.15, 0.2) is 0 Å². The zero-order chi connectivity index (χ0) is 15.0. The average Bonchev–Trinajstić information content (AvgIpc) is 2.76. The van der Waals surface area contributed by atoms with Crippen molar-refractivity contribution < 1.29 is 0 Å². The van der Waals surface area contributed by atoms with Crippen LogP contribution in [0, 0.1) is 13.8 Å². The molecule has 1 aromatic heterocycles. The molecule has 2 aromatic carbocycles. The van der Waals surface area contributed by atoms with E-state index in [9.17, 15) is 0 Å². The number of rotatable bonds is 2. The van der Waals surface area contributed by atoms with Crippen molar-refractivity contribution in [3.05, 3.63) is 64.8 Å². The number of hydrogen-bond acceptors (Lipinski definition) is 2. The van der Waals surface area contributed by atoms with Gasteiger partial charge in [-0.2, -0.15) is 5.10 Å². The number of anilines is 1. The molecular formula is C17H16ClN3. The Hall–Kier alpha value is -2.26. The molecule has 21 heavy (non-hydrogen) atoms. The summed E-state index contributed by atoms with van der Waals surface area (Å²) in [5.41, 5.74) is 11.4. The highest BCUT2D eigenvalue weighted by Gasteiger charge is 2.16. The van der Waals surface area contributed by atoms with Crippen LogP contribution in [0.5, 0.6) is 0 Å². The van der Waals surface area contributed by atoms with Crippen molar-refractivity contribution in [2.24, 2.45) is 0 Å². The fraction of sp³-hybridized carbons (Fsp3) is 0.118. The third kappa shape index (κ3) is 2.41. The number of aryl methyl sites for hydroxylation is 2. The van der Waals surface area contributed by atoms with E-state index in [0.717, 1.165) is 28.1 Å². The number of halogens is 1. The second-order valence-electron chi connectivity index (χ2n) is 5.05. The molecule has 106 valence electrons. The Labute approximate surface area is 129 Å². The third-order valence-electron chi connectivity index (χ3n) is 3.57. The first-order valence-electron chi connectivity index (χ1n) is 6.75. The summed E-state index contributed by atoms with van der Waals surface area (Å²) in [6, 6.07) is 15.7. The summed E-state index contributed by atoms with van der Waals surface area (Å²) in [6.45, 7) is 4.02. The molecule has 3 nitrogen and oxygen atoms in total. The van der Waals surface area contributed by atoms with Gasteiger partial charge in [0.2, 0.25) is 0 Å². The van der Waals surface area contributed by atoms with E-state index in [1.165, 1.54) is 0 Å². The zero-order valence-corrected chi connectivity index (χ0v) is 12.7. The molecule has 0 unspecified atom stereocenters. The molecule has 0 fully saturated rings. The Kier molecular flexibility index (Phi) is 3.43. The van der Waals surface area contributed by atoms with E-state index in [1.54, 1.807) is 4.68 Å². The lowest BCUT2D eigenvalue weighted by Crippen LogP contribution is -2.03. The molecule has 0 aliphatic heterocycles. The Morgan fingerprint density at radius 1 is 1.00 bits per heavy atom. The van der Waals surface area contributed by atoms with Crippen molar-refractivity contribution in [2.75, 3.05) is 5.73 Å². The minimum atomic E-state index is 0.643. The maximum Gasteiger partial charge on any atom is 0.135 e. The van der Waals surface area contributed by atoms with Crippen LogP contribution in [-0.4, -0.2) is 9.78 Å². The van der Waals surface area contributed by atoms with Crippen LogP contribution in [0.3, 0.4) is 0 Å². The zero-order valence-electron chi connectivity index (χ0n) is 12.0. The highest BCUT2D eigenvalue weighted by Crippen LogP contribution is 2.32.